The molecular formula is C21H25NO4S. The van der Waals surface area contributed by atoms with Gasteiger partial charge in [-0.1, -0.05) is 25.5 Å². The lowest BCUT2D eigenvalue weighted by atomic mass is 9.87. The Morgan fingerprint density at radius 2 is 2.11 bits per heavy atom. The molecule has 1 N–H and O–H groups in total. The van der Waals surface area contributed by atoms with Gasteiger partial charge >= 0.3 is 5.97 Å². The lowest BCUT2D eigenvalue weighted by molar-refractivity contribution is -0.123. The molecule has 144 valence electrons. The van der Waals surface area contributed by atoms with Gasteiger partial charge in [-0.15, -0.1) is 11.3 Å². The molecule has 5 nitrogen and oxygen atoms in total. The van der Waals surface area contributed by atoms with Crippen LogP contribution in [0.25, 0.3) is 0 Å². The maximum absolute atomic E-state index is 12.5. The first-order valence-corrected chi connectivity index (χ1v) is 10.1. The van der Waals surface area contributed by atoms with Crippen molar-refractivity contribution in [1.29, 1.82) is 0 Å². The number of nitrogens with one attached hydrogen (secondary N) is 1. The van der Waals surface area contributed by atoms with Gasteiger partial charge in [0, 0.05) is 4.88 Å². The Hall–Kier alpha value is -2.34. The Balaban J connectivity index is 1.62. The third kappa shape index (κ3) is 4.50. The van der Waals surface area contributed by atoms with E-state index in [1.165, 1.54) is 35.3 Å². The number of esters is 1. The molecule has 0 spiro atoms. The highest BCUT2D eigenvalue weighted by atomic mass is 32.1. The van der Waals surface area contributed by atoms with Crippen molar-refractivity contribution in [2.45, 2.75) is 45.6 Å². The van der Waals surface area contributed by atoms with Crippen LogP contribution in [0, 0.1) is 5.92 Å². The number of rotatable bonds is 6. The van der Waals surface area contributed by atoms with E-state index in [9.17, 15) is 9.59 Å². The Bertz CT molecular complexity index is 829. The summed E-state index contributed by atoms with van der Waals surface area (Å²) >= 11 is 1.49. The summed E-state index contributed by atoms with van der Waals surface area (Å²) in [6, 6.07) is 9.05. The van der Waals surface area contributed by atoms with Gasteiger partial charge in [0.15, 0.2) is 6.10 Å². The molecule has 0 unspecified atom stereocenters. The Morgan fingerprint density at radius 3 is 2.85 bits per heavy atom. The molecule has 27 heavy (non-hydrogen) atoms. The standard InChI is InChI=1S/C21H25NO4S/c1-4-14-9-10-18-15(11-14)12-19(27-18)21(24)26-13(2)20(23)22-16-7-5-6-8-17(16)25-3/h5-8,12-14H,4,9-11H2,1-3H3,(H,22,23)/t13-,14-/m1/s1. The summed E-state index contributed by atoms with van der Waals surface area (Å²) < 4.78 is 10.6. The lowest BCUT2D eigenvalue weighted by Crippen LogP contribution is -2.29. The summed E-state index contributed by atoms with van der Waals surface area (Å²) in [5.74, 6) is 0.424. The van der Waals surface area contributed by atoms with E-state index in [1.54, 1.807) is 25.1 Å². The molecule has 1 aliphatic carbocycles. The molecular weight excluding hydrogens is 362 g/mol. The maximum atomic E-state index is 12.5. The van der Waals surface area contributed by atoms with Crippen LogP contribution in [0.15, 0.2) is 30.3 Å². The molecule has 1 heterocycles. The average molecular weight is 388 g/mol. The van der Waals surface area contributed by atoms with Crippen LogP contribution in [0.4, 0.5) is 5.69 Å². The number of thiophene rings is 1. The van der Waals surface area contributed by atoms with Crippen LogP contribution < -0.4 is 10.1 Å². The van der Waals surface area contributed by atoms with Gasteiger partial charge in [-0.3, -0.25) is 4.79 Å². The summed E-state index contributed by atoms with van der Waals surface area (Å²) in [7, 11) is 1.54. The molecule has 1 aromatic carbocycles. The van der Waals surface area contributed by atoms with E-state index in [0.717, 1.165) is 19.3 Å². The fraction of sp³-hybridized carbons (Fsp3) is 0.429. The molecule has 0 radical (unpaired) electrons. The van der Waals surface area contributed by atoms with Crippen LogP contribution in [0.5, 0.6) is 5.75 Å². The Labute approximate surface area is 163 Å². The van der Waals surface area contributed by atoms with Crippen molar-refractivity contribution in [1.82, 2.24) is 0 Å². The van der Waals surface area contributed by atoms with Crippen LogP contribution in [-0.4, -0.2) is 25.1 Å². The number of methoxy groups -OCH3 is 1. The highest BCUT2D eigenvalue weighted by Crippen LogP contribution is 2.34. The molecule has 0 fully saturated rings. The van der Waals surface area contributed by atoms with Crippen molar-refractivity contribution < 1.29 is 19.1 Å². The summed E-state index contributed by atoms with van der Waals surface area (Å²) in [5.41, 5.74) is 1.81. The van der Waals surface area contributed by atoms with Crippen molar-refractivity contribution in [3.05, 3.63) is 45.6 Å². The van der Waals surface area contributed by atoms with Crippen molar-refractivity contribution in [2.24, 2.45) is 5.92 Å². The van der Waals surface area contributed by atoms with Crippen LogP contribution in [0.3, 0.4) is 0 Å². The number of hydrogen-bond donors (Lipinski definition) is 1. The summed E-state index contributed by atoms with van der Waals surface area (Å²) in [6.45, 7) is 3.78. The van der Waals surface area contributed by atoms with Crippen molar-refractivity contribution in [2.75, 3.05) is 12.4 Å². The molecule has 0 saturated heterocycles. The zero-order valence-corrected chi connectivity index (χ0v) is 16.7. The van der Waals surface area contributed by atoms with Crippen LogP contribution in [-0.2, 0) is 22.4 Å². The molecule has 2 aromatic rings. The second-order valence-electron chi connectivity index (χ2n) is 6.81. The normalized spacial score (nSPS) is 16.9. The molecule has 0 aliphatic heterocycles. The molecule has 1 aromatic heterocycles. The molecule has 1 aliphatic rings. The number of para-hydroxylation sites is 2. The quantitative estimate of drug-likeness (QED) is 0.744. The van der Waals surface area contributed by atoms with E-state index >= 15 is 0 Å². The maximum Gasteiger partial charge on any atom is 0.349 e. The van der Waals surface area contributed by atoms with E-state index in [2.05, 4.69) is 12.2 Å². The van der Waals surface area contributed by atoms with Crippen molar-refractivity contribution in [3.63, 3.8) is 0 Å². The fourth-order valence-electron chi connectivity index (χ4n) is 3.30. The summed E-state index contributed by atoms with van der Waals surface area (Å²) in [6.07, 6.45) is 3.49. The number of carbonyl (C=O) groups is 2. The minimum atomic E-state index is -0.898. The highest BCUT2D eigenvalue weighted by Gasteiger charge is 2.25. The first kappa shape index (κ1) is 19.4. The highest BCUT2D eigenvalue weighted by molar-refractivity contribution is 7.14. The molecule has 3 rings (SSSR count). The fourth-order valence-corrected chi connectivity index (χ4v) is 4.39. The Morgan fingerprint density at radius 1 is 1.33 bits per heavy atom. The van der Waals surface area contributed by atoms with Crippen LogP contribution in [0.2, 0.25) is 0 Å². The number of benzene rings is 1. The topological polar surface area (TPSA) is 64.6 Å². The van der Waals surface area contributed by atoms with E-state index in [0.29, 0.717) is 22.2 Å². The molecule has 1 amide bonds. The van der Waals surface area contributed by atoms with Gasteiger partial charge in [0.25, 0.3) is 5.91 Å². The number of aryl methyl sites for hydroxylation is 1. The van der Waals surface area contributed by atoms with Gasteiger partial charge in [0.2, 0.25) is 0 Å². The zero-order valence-electron chi connectivity index (χ0n) is 15.9. The van der Waals surface area contributed by atoms with E-state index in [4.69, 9.17) is 9.47 Å². The lowest BCUT2D eigenvalue weighted by Gasteiger charge is -2.19. The molecule has 6 heteroatoms. The third-order valence-corrected chi connectivity index (χ3v) is 6.20. The third-order valence-electron chi connectivity index (χ3n) is 4.98. The van der Waals surface area contributed by atoms with E-state index < -0.39 is 12.1 Å². The molecule has 0 bridgehead atoms. The van der Waals surface area contributed by atoms with Gasteiger partial charge in [0.1, 0.15) is 10.6 Å². The number of anilines is 1. The van der Waals surface area contributed by atoms with E-state index in [1.807, 2.05) is 12.1 Å². The average Bonchev–Trinajstić information content (AvgIpc) is 3.11. The predicted octanol–water partition coefficient (Wildman–Crippen LogP) is 4.46. The predicted molar refractivity (Wildman–Crippen MR) is 107 cm³/mol. The SMILES string of the molecule is CC[C@@H]1CCc2sc(C(=O)O[C@H](C)C(=O)Nc3ccccc3OC)cc2C1. The first-order chi connectivity index (χ1) is 13.0. The smallest absolute Gasteiger partial charge is 0.349 e. The van der Waals surface area contributed by atoms with Gasteiger partial charge in [-0.2, -0.15) is 0 Å². The zero-order chi connectivity index (χ0) is 19.4. The number of amides is 1. The number of carbonyl (C=O) groups excluding carboxylic acids is 2. The summed E-state index contributed by atoms with van der Waals surface area (Å²) in [5, 5.41) is 2.74. The minimum absolute atomic E-state index is 0.389. The van der Waals surface area contributed by atoms with Gasteiger partial charge in [-0.05, 0) is 55.9 Å². The molecule has 0 saturated carbocycles. The second-order valence-corrected chi connectivity index (χ2v) is 7.95. The minimum Gasteiger partial charge on any atom is -0.495 e. The second kappa shape index (κ2) is 8.57. The van der Waals surface area contributed by atoms with Gasteiger partial charge < -0.3 is 14.8 Å². The number of fused-ring (bicyclic) bond motifs is 1. The number of ether oxygens (including phenoxy) is 2. The summed E-state index contributed by atoms with van der Waals surface area (Å²) in [4.78, 5) is 26.7. The monoisotopic (exact) mass is 387 g/mol. The van der Waals surface area contributed by atoms with Crippen molar-refractivity contribution >= 4 is 28.9 Å². The van der Waals surface area contributed by atoms with Crippen LogP contribution >= 0.6 is 11.3 Å². The first-order valence-electron chi connectivity index (χ1n) is 9.28. The van der Waals surface area contributed by atoms with Gasteiger partial charge in [0.05, 0.1) is 12.8 Å². The van der Waals surface area contributed by atoms with Crippen LogP contribution in [0.1, 0.15) is 46.8 Å². The largest absolute Gasteiger partial charge is 0.495 e. The van der Waals surface area contributed by atoms with Gasteiger partial charge in [-0.25, -0.2) is 4.79 Å². The Kier molecular flexibility index (Phi) is 6.16. The molecule has 2 atom stereocenters. The number of hydrogen-bond acceptors (Lipinski definition) is 5. The van der Waals surface area contributed by atoms with E-state index in [-0.39, 0.29) is 5.91 Å². The van der Waals surface area contributed by atoms with Crippen molar-refractivity contribution in [3.8, 4) is 5.75 Å².